The molecule has 152 valence electrons. The van der Waals surface area contributed by atoms with Crippen LogP contribution >= 0.6 is 0 Å². The predicted octanol–water partition coefficient (Wildman–Crippen LogP) is 4.65. The van der Waals surface area contributed by atoms with Crippen molar-refractivity contribution in [3.63, 3.8) is 0 Å². The van der Waals surface area contributed by atoms with Crippen molar-refractivity contribution < 1.29 is 23.4 Å². The molecular formula is C22H28O6. The van der Waals surface area contributed by atoms with Gasteiger partial charge in [0.05, 0.1) is 33.0 Å². The molecule has 28 heavy (non-hydrogen) atoms. The van der Waals surface area contributed by atoms with Crippen molar-refractivity contribution in [3.8, 4) is 23.0 Å². The van der Waals surface area contributed by atoms with E-state index in [0.717, 1.165) is 5.56 Å². The topological polar surface area (TPSA) is 67.1 Å². The van der Waals surface area contributed by atoms with Gasteiger partial charge in [-0.15, -0.1) is 0 Å². The molecule has 1 heterocycles. The average Bonchev–Trinajstić information content (AvgIpc) is 2.63. The number of rotatable bonds is 9. The summed E-state index contributed by atoms with van der Waals surface area (Å²) in [5, 5.41) is 0. The molecule has 0 aliphatic heterocycles. The van der Waals surface area contributed by atoms with E-state index < -0.39 is 5.63 Å². The standard InChI is InChI=1S/C22H28O6/c1-14(2)13-26-22-19(24-5)9-16(10-20(22)25-6)7-8-17-11-18(27-15(3)4)12-21(23)28-17/h7-12,14-15H,13H2,1-6H3/b8-7+. The van der Waals surface area contributed by atoms with Gasteiger partial charge in [0.1, 0.15) is 11.5 Å². The largest absolute Gasteiger partial charge is 0.493 e. The van der Waals surface area contributed by atoms with Gasteiger partial charge in [-0.1, -0.05) is 19.9 Å². The maximum atomic E-state index is 11.7. The van der Waals surface area contributed by atoms with Crippen LogP contribution in [0.1, 0.15) is 39.0 Å². The molecule has 0 atom stereocenters. The molecule has 6 heteroatoms. The number of methoxy groups -OCH3 is 2. The zero-order valence-corrected chi connectivity index (χ0v) is 17.3. The van der Waals surface area contributed by atoms with Crippen LogP contribution in [0.15, 0.2) is 33.5 Å². The summed E-state index contributed by atoms with van der Waals surface area (Å²) in [5.74, 6) is 2.93. The lowest BCUT2D eigenvalue weighted by Gasteiger charge is -2.16. The molecule has 2 aromatic rings. The first-order valence-electron chi connectivity index (χ1n) is 9.21. The van der Waals surface area contributed by atoms with Crippen LogP contribution in [0, 0.1) is 5.92 Å². The fourth-order valence-electron chi connectivity index (χ4n) is 2.46. The van der Waals surface area contributed by atoms with Crippen molar-refractivity contribution >= 4 is 12.2 Å². The van der Waals surface area contributed by atoms with Crippen molar-refractivity contribution in [2.24, 2.45) is 5.92 Å². The van der Waals surface area contributed by atoms with Crippen molar-refractivity contribution in [2.45, 2.75) is 33.8 Å². The molecule has 0 unspecified atom stereocenters. The van der Waals surface area contributed by atoms with E-state index in [2.05, 4.69) is 13.8 Å². The van der Waals surface area contributed by atoms with Crippen LogP contribution in [0.4, 0.5) is 0 Å². The van der Waals surface area contributed by atoms with E-state index in [4.69, 9.17) is 23.4 Å². The third-order valence-corrected chi connectivity index (χ3v) is 3.62. The molecular weight excluding hydrogens is 360 g/mol. The SMILES string of the molecule is COc1cc(/C=C/c2cc(OC(C)C)cc(=O)o2)cc(OC)c1OCC(C)C. The smallest absolute Gasteiger partial charge is 0.339 e. The molecule has 0 radical (unpaired) electrons. The number of hydrogen-bond acceptors (Lipinski definition) is 6. The van der Waals surface area contributed by atoms with E-state index in [-0.39, 0.29) is 6.10 Å². The third-order valence-electron chi connectivity index (χ3n) is 3.62. The molecule has 0 fully saturated rings. The van der Waals surface area contributed by atoms with Gasteiger partial charge in [-0.2, -0.15) is 0 Å². The lowest BCUT2D eigenvalue weighted by atomic mass is 10.1. The molecule has 0 saturated carbocycles. The van der Waals surface area contributed by atoms with Crippen molar-refractivity contribution in [1.29, 1.82) is 0 Å². The summed E-state index contributed by atoms with van der Waals surface area (Å²) in [6.07, 6.45) is 3.46. The first-order valence-corrected chi connectivity index (χ1v) is 9.21. The second kappa shape index (κ2) is 9.88. The Hall–Kier alpha value is -2.89. The van der Waals surface area contributed by atoms with Gasteiger partial charge in [-0.25, -0.2) is 4.79 Å². The van der Waals surface area contributed by atoms with Crippen molar-refractivity contribution in [2.75, 3.05) is 20.8 Å². The number of hydrogen-bond donors (Lipinski definition) is 0. The average molecular weight is 388 g/mol. The highest BCUT2D eigenvalue weighted by Crippen LogP contribution is 2.39. The highest BCUT2D eigenvalue weighted by molar-refractivity contribution is 5.71. The Balaban J connectivity index is 2.33. The van der Waals surface area contributed by atoms with Crippen molar-refractivity contribution in [1.82, 2.24) is 0 Å². The fraction of sp³-hybridized carbons (Fsp3) is 0.409. The van der Waals surface area contributed by atoms with Crippen LogP contribution < -0.4 is 24.6 Å². The second-order valence-electron chi connectivity index (χ2n) is 6.97. The Morgan fingerprint density at radius 1 is 0.964 bits per heavy atom. The van der Waals surface area contributed by atoms with E-state index in [0.29, 0.717) is 41.3 Å². The number of ether oxygens (including phenoxy) is 4. The number of benzene rings is 1. The molecule has 2 rings (SSSR count). The summed E-state index contributed by atoms with van der Waals surface area (Å²) in [7, 11) is 3.16. The molecule has 0 amide bonds. The lowest BCUT2D eigenvalue weighted by molar-refractivity contribution is 0.239. The van der Waals surface area contributed by atoms with Crippen LogP contribution in [-0.2, 0) is 0 Å². The molecule has 1 aromatic heterocycles. The van der Waals surface area contributed by atoms with Crippen LogP contribution in [0.25, 0.3) is 12.2 Å². The summed E-state index contributed by atoms with van der Waals surface area (Å²) < 4.78 is 27.6. The van der Waals surface area contributed by atoms with Crippen LogP contribution in [0.5, 0.6) is 23.0 Å². The predicted molar refractivity (Wildman–Crippen MR) is 110 cm³/mol. The maximum Gasteiger partial charge on any atom is 0.339 e. The molecule has 0 N–H and O–H groups in total. The second-order valence-corrected chi connectivity index (χ2v) is 6.97. The molecule has 0 aliphatic rings. The van der Waals surface area contributed by atoms with Gasteiger partial charge in [-0.05, 0) is 43.5 Å². The summed E-state index contributed by atoms with van der Waals surface area (Å²) in [6, 6.07) is 6.67. The highest BCUT2D eigenvalue weighted by Gasteiger charge is 2.14. The Labute approximate surface area is 165 Å². The Morgan fingerprint density at radius 3 is 2.14 bits per heavy atom. The molecule has 0 saturated heterocycles. The van der Waals surface area contributed by atoms with E-state index in [1.165, 1.54) is 6.07 Å². The monoisotopic (exact) mass is 388 g/mol. The molecule has 0 bridgehead atoms. The van der Waals surface area contributed by atoms with Crippen LogP contribution in [0.2, 0.25) is 0 Å². The van der Waals surface area contributed by atoms with Crippen molar-refractivity contribution in [3.05, 3.63) is 46.0 Å². The minimum absolute atomic E-state index is 0.0365. The lowest BCUT2D eigenvalue weighted by Crippen LogP contribution is -2.08. The normalized spacial score (nSPS) is 11.3. The first-order chi connectivity index (χ1) is 13.3. The van der Waals surface area contributed by atoms with Gasteiger partial charge in [0.15, 0.2) is 11.5 Å². The summed E-state index contributed by atoms with van der Waals surface area (Å²) in [5.41, 5.74) is 0.342. The maximum absolute atomic E-state index is 11.7. The first kappa shape index (κ1) is 21.4. The van der Waals surface area contributed by atoms with E-state index in [1.54, 1.807) is 32.4 Å². The summed E-state index contributed by atoms with van der Waals surface area (Å²) in [6.45, 7) is 8.48. The zero-order chi connectivity index (χ0) is 20.7. The van der Waals surface area contributed by atoms with Gasteiger partial charge in [0.2, 0.25) is 5.75 Å². The Morgan fingerprint density at radius 2 is 1.61 bits per heavy atom. The van der Waals surface area contributed by atoms with E-state index in [9.17, 15) is 4.79 Å². The van der Waals surface area contributed by atoms with E-state index in [1.807, 2.05) is 26.0 Å². The van der Waals surface area contributed by atoms with Gasteiger partial charge >= 0.3 is 5.63 Å². The fourth-order valence-corrected chi connectivity index (χ4v) is 2.46. The highest BCUT2D eigenvalue weighted by atomic mass is 16.5. The minimum atomic E-state index is -0.467. The molecule has 0 spiro atoms. The van der Waals surface area contributed by atoms with Crippen LogP contribution in [0.3, 0.4) is 0 Å². The minimum Gasteiger partial charge on any atom is -0.493 e. The summed E-state index contributed by atoms with van der Waals surface area (Å²) in [4.78, 5) is 11.7. The van der Waals surface area contributed by atoms with Gasteiger partial charge < -0.3 is 23.4 Å². The Bertz CT molecular complexity index is 839. The quantitative estimate of drug-likeness (QED) is 0.623. The van der Waals surface area contributed by atoms with Gasteiger partial charge in [0, 0.05) is 6.07 Å². The van der Waals surface area contributed by atoms with Crippen LogP contribution in [-0.4, -0.2) is 26.9 Å². The van der Waals surface area contributed by atoms with Gasteiger partial charge in [-0.3, -0.25) is 0 Å². The van der Waals surface area contributed by atoms with Gasteiger partial charge in [0.25, 0.3) is 0 Å². The molecule has 1 aromatic carbocycles. The molecule has 0 aliphatic carbocycles. The van der Waals surface area contributed by atoms with E-state index >= 15 is 0 Å². The zero-order valence-electron chi connectivity index (χ0n) is 17.3. The Kier molecular flexibility index (Phi) is 7.55. The third kappa shape index (κ3) is 6.08. The molecule has 6 nitrogen and oxygen atoms in total. The summed E-state index contributed by atoms with van der Waals surface area (Å²) >= 11 is 0.